The summed E-state index contributed by atoms with van der Waals surface area (Å²) in [6.07, 6.45) is 9.55. The molecule has 2 fully saturated rings. The Kier molecular flexibility index (Phi) is 3.52. The molecule has 5 nitrogen and oxygen atoms in total. The molecule has 2 aromatic heterocycles. The summed E-state index contributed by atoms with van der Waals surface area (Å²) in [5.74, 6) is 1.76. The second-order valence-corrected chi connectivity index (χ2v) is 7.05. The maximum Gasteiger partial charge on any atom is 0.139 e. The fourth-order valence-corrected chi connectivity index (χ4v) is 3.90. The predicted octanol–water partition coefficient (Wildman–Crippen LogP) is 2.37. The monoisotopic (exact) mass is 304 g/mol. The van der Waals surface area contributed by atoms with Crippen LogP contribution >= 0.6 is 11.3 Å². The third-order valence-electron chi connectivity index (χ3n) is 4.24. The lowest BCUT2D eigenvalue weighted by atomic mass is 10.1. The van der Waals surface area contributed by atoms with E-state index in [0.29, 0.717) is 6.04 Å². The summed E-state index contributed by atoms with van der Waals surface area (Å²) in [4.78, 5) is 10.3. The van der Waals surface area contributed by atoms with Gasteiger partial charge in [-0.15, -0.1) is 11.3 Å². The van der Waals surface area contributed by atoms with Crippen molar-refractivity contribution in [3.8, 4) is 0 Å². The van der Waals surface area contributed by atoms with Crippen molar-refractivity contribution in [2.75, 3.05) is 6.61 Å². The average molecular weight is 304 g/mol. The summed E-state index contributed by atoms with van der Waals surface area (Å²) in [5, 5.41) is 4.94. The molecule has 1 saturated carbocycles. The van der Waals surface area contributed by atoms with E-state index >= 15 is 0 Å². The highest BCUT2D eigenvalue weighted by Crippen LogP contribution is 2.41. The second kappa shape index (κ2) is 5.51. The molecule has 0 radical (unpaired) electrons. The zero-order valence-corrected chi connectivity index (χ0v) is 13.0. The molecule has 0 spiro atoms. The number of rotatable bonds is 5. The Hall–Kier alpha value is -1.24. The van der Waals surface area contributed by atoms with Crippen LogP contribution in [0.15, 0.2) is 18.6 Å². The normalized spacial score (nSPS) is 25.6. The van der Waals surface area contributed by atoms with E-state index in [1.54, 1.807) is 0 Å². The first-order valence-electron chi connectivity index (χ1n) is 7.58. The third kappa shape index (κ3) is 2.75. The average Bonchev–Trinajstić information content (AvgIpc) is 2.90. The van der Waals surface area contributed by atoms with E-state index in [9.17, 15) is 0 Å². The predicted molar refractivity (Wildman–Crippen MR) is 81.2 cm³/mol. The van der Waals surface area contributed by atoms with Crippen molar-refractivity contribution in [1.82, 2.24) is 19.9 Å². The molecule has 0 bridgehead atoms. The minimum atomic E-state index is 0.0563. The van der Waals surface area contributed by atoms with Crippen LogP contribution in [0.25, 0.3) is 0 Å². The number of imidazole rings is 1. The summed E-state index contributed by atoms with van der Waals surface area (Å²) < 4.78 is 7.92. The molecule has 1 N–H and O–H groups in total. The minimum Gasteiger partial charge on any atom is -0.369 e. The van der Waals surface area contributed by atoms with Gasteiger partial charge in [0.15, 0.2) is 0 Å². The molecule has 112 valence electrons. The largest absolute Gasteiger partial charge is 0.369 e. The van der Waals surface area contributed by atoms with Crippen LogP contribution in [0.3, 0.4) is 0 Å². The Morgan fingerprint density at radius 1 is 1.38 bits per heavy atom. The van der Waals surface area contributed by atoms with Crippen LogP contribution in [0.2, 0.25) is 0 Å². The van der Waals surface area contributed by atoms with Gasteiger partial charge in [0.1, 0.15) is 11.9 Å². The van der Waals surface area contributed by atoms with E-state index in [2.05, 4.69) is 15.3 Å². The molecule has 2 aliphatic rings. The minimum absolute atomic E-state index is 0.0563. The van der Waals surface area contributed by atoms with Gasteiger partial charge in [0, 0.05) is 55.6 Å². The van der Waals surface area contributed by atoms with Gasteiger partial charge in [-0.3, -0.25) is 0 Å². The molecule has 21 heavy (non-hydrogen) atoms. The van der Waals surface area contributed by atoms with Crippen molar-refractivity contribution in [3.63, 3.8) is 0 Å². The van der Waals surface area contributed by atoms with Crippen LogP contribution in [0.1, 0.15) is 47.0 Å². The summed E-state index contributed by atoms with van der Waals surface area (Å²) in [6.45, 7) is 1.67. The number of aryl methyl sites for hydroxylation is 1. The molecular formula is C15H20N4OS. The number of aromatic nitrogens is 3. The van der Waals surface area contributed by atoms with Crippen LogP contribution in [-0.2, 0) is 18.3 Å². The van der Waals surface area contributed by atoms with E-state index in [1.165, 1.54) is 22.7 Å². The van der Waals surface area contributed by atoms with Gasteiger partial charge in [0.25, 0.3) is 0 Å². The second-order valence-electron chi connectivity index (χ2n) is 5.90. The number of nitrogens with zero attached hydrogens (tertiary/aromatic N) is 3. The molecule has 2 atom stereocenters. The molecule has 1 aliphatic heterocycles. The standard InChI is InChI=1S/C15H20N4OS/c1-19-6-5-16-14(19)13-12(4-7-20-13)17-8-11-9-18-15(21-11)10-2-3-10/h5-6,9-10,12-13,17H,2-4,7-8H2,1H3/t12-,13-/m0/s1. The highest BCUT2D eigenvalue weighted by atomic mass is 32.1. The quantitative estimate of drug-likeness (QED) is 0.921. The number of hydrogen-bond acceptors (Lipinski definition) is 5. The summed E-state index contributed by atoms with van der Waals surface area (Å²) in [5.41, 5.74) is 0. The lowest BCUT2D eigenvalue weighted by Gasteiger charge is -2.19. The van der Waals surface area contributed by atoms with Gasteiger partial charge in [0.2, 0.25) is 0 Å². The molecule has 1 saturated heterocycles. The van der Waals surface area contributed by atoms with Gasteiger partial charge < -0.3 is 14.6 Å². The Morgan fingerprint density at radius 2 is 2.29 bits per heavy atom. The van der Waals surface area contributed by atoms with Crippen LogP contribution in [-0.4, -0.2) is 27.2 Å². The van der Waals surface area contributed by atoms with Crippen LogP contribution in [0.5, 0.6) is 0 Å². The van der Waals surface area contributed by atoms with Crippen molar-refractivity contribution in [2.45, 2.75) is 43.9 Å². The van der Waals surface area contributed by atoms with Gasteiger partial charge >= 0.3 is 0 Å². The molecule has 0 aromatic carbocycles. The Morgan fingerprint density at radius 3 is 3.05 bits per heavy atom. The first kappa shape index (κ1) is 13.4. The number of thiazole rings is 1. The lowest BCUT2D eigenvalue weighted by molar-refractivity contribution is 0.0893. The summed E-state index contributed by atoms with van der Waals surface area (Å²) >= 11 is 1.85. The third-order valence-corrected chi connectivity index (χ3v) is 5.40. The van der Waals surface area contributed by atoms with Crippen molar-refractivity contribution in [1.29, 1.82) is 0 Å². The first-order valence-corrected chi connectivity index (χ1v) is 8.39. The van der Waals surface area contributed by atoms with Crippen LogP contribution < -0.4 is 5.32 Å². The highest BCUT2D eigenvalue weighted by Gasteiger charge is 2.32. The highest BCUT2D eigenvalue weighted by molar-refractivity contribution is 7.11. The smallest absolute Gasteiger partial charge is 0.139 e. The molecule has 1 aliphatic carbocycles. The zero-order valence-electron chi connectivity index (χ0n) is 12.2. The van der Waals surface area contributed by atoms with E-state index in [0.717, 1.165) is 31.3 Å². The maximum atomic E-state index is 5.87. The molecule has 4 rings (SSSR count). The van der Waals surface area contributed by atoms with Gasteiger partial charge in [0.05, 0.1) is 5.01 Å². The van der Waals surface area contributed by atoms with Crippen LogP contribution in [0, 0.1) is 0 Å². The number of nitrogens with one attached hydrogen (secondary N) is 1. The van der Waals surface area contributed by atoms with Crippen molar-refractivity contribution in [3.05, 3.63) is 34.3 Å². The number of ether oxygens (including phenoxy) is 1. The van der Waals surface area contributed by atoms with E-state index in [1.807, 2.05) is 41.5 Å². The SMILES string of the molecule is Cn1ccnc1[C@H]1OCC[C@@H]1NCc1cnc(C2CC2)s1. The van der Waals surface area contributed by atoms with Gasteiger partial charge in [-0.05, 0) is 19.3 Å². The fourth-order valence-electron chi connectivity index (χ4n) is 2.86. The molecule has 0 unspecified atom stereocenters. The van der Waals surface area contributed by atoms with Gasteiger partial charge in [-0.25, -0.2) is 9.97 Å². The topological polar surface area (TPSA) is 52.0 Å². The fraction of sp³-hybridized carbons (Fsp3) is 0.600. The van der Waals surface area contributed by atoms with Crippen molar-refractivity contribution in [2.24, 2.45) is 7.05 Å². The van der Waals surface area contributed by atoms with Crippen molar-refractivity contribution < 1.29 is 4.74 Å². The van der Waals surface area contributed by atoms with E-state index < -0.39 is 0 Å². The molecule has 2 aromatic rings. The van der Waals surface area contributed by atoms with E-state index in [-0.39, 0.29) is 6.10 Å². The lowest BCUT2D eigenvalue weighted by Crippen LogP contribution is -2.32. The van der Waals surface area contributed by atoms with Crippen LogP contribution in [0.4, 0.5) is 0 Å². The summed E-state index contributed by atoms with van der Waals surface area (Å²) in [6, 6.07) is 0.331. The molecule has 6 heteroatoms. The Balaban J connectivity index is 1.40. The molecular weight excluding hydrogens is 284 g/mol. The Bertz CT molecular complexity index is 619. The zero-order chi connectivity index (χ0) is 14.2. The van der Waals surface area contributed by atoms with Gasteiger partial charge in [-0.2, -0.15) is 0 Å². The Labute approximate surface area is 128 Å². The maximum absolute atomic E-state index is 5.87. The first-order chi connectivity index (χ1) is 10.3. The van der Waals surface area contributed by atoms with E-state index in [4.69, 9.17) is 4.74 Å². The molecule has 3 heterocycles. The number of hydrogen-bond donors (Lipinski definition) is 1. The molecule has 0 amide bonds. The van der Waals surface area contributed by atoms with Gasteiger partial charge in [-0.1, -0.05) is 0 Å². The van der Waals surface area contributed by atoms with Crippen molar-refractivity contribution >= 4 is 11.3 Å². The summed E-state index contributed by atoms with van der Waals surface area (Å²) in [7, 11) is 2.02.